The molecule has 1 amide bonds. The van der Waals surface area contributed by atoms with Gasteiger partial charge in [0.1, 0.15) is 5.82 Å². The lowest BCUT2D eigenvalue weighted by Gasteiger charge is -2.32. The number of sulfonamides is 1. The number of hydrogen-bond donors (Lipinski definition) is 1. The Morgan fingerprint density at radius 1 is 1.07 bits per heavy atom. The van der Waals surface area contributed by atoms with Crippen molar-refractivity contribution < 1.29 is 17.6 Å². The van der Waals surface area contributed by atoms with Crippen LogP contribution in [0.15, 0.2) is 53.4 Å². The minimum absolute atomic E-state index is 0.0843. The number of nitrogens with zero attached hydrogens (tertiary/aromatic N) is 1. The Labute approximate surface area is 178 Å². The summed E-state index contributed by atoms with van der Waals surface area (Å²) in [7, 11) is -3.51. The molecule has 0 bridgehead atoms. The third-order valence-corrected chi connectivity index (χ3v) is 7.17. The van der Waals surface area contributed by atoms with Crippen molar-refractivity contribution in [3.63, 3.8) is 0 Å². The van der Waals surface area contributed by atoms with Gasteiger partial charge in [-0.05, 0) is 73.1 Å². The van der Waals surface area contributed by atoms with Gasteiger partial charge in [-0.25, -0.2) is 17.5 Å². The summed E-state index contributed by atoms with van der Waals surface area (Å²) in [6.07, 6.45) is 2.40. The molecule has 0 radical (unpaired) electrons. The van der Waals surface area contributed by atoms with Crippen LogP contribution >= 0.6 is 0 Å². The second-order valence-corrected chi connectivity index (χ2v) is 9.92. The summed E-state index contributed by atoms with van der Waals surface area (Å²) in [4.78, 5) is 14.6. The zero-order valence-electron chi connectivity index (χ0n) is 17.5. The fourth-order valence-corrected chi connectivity index (χ4v) is 4.76. The number of benzene rings is 2. The minimum Gasteiger partial charge on any atom is -0.339 e. The van der Waals surface area contributed by atoms with Crippen molar-refractivity contribution in [3.05, 3.63) is 65.5 Å². The smallest absolute Gasteiger partial charge is 0.253 e. The summed E-state index contributed by atoms with van der Waals surface area (Å²) in [5.74, 6) is 0.284. The lowest BCUT2D eigenvalue weighted by molar-refractivity contribution is 0.0687. The normalized spacial score (nSPS) is 15.5. The molecule has 0 spiro atoms. The van der Waals surface area contributed by atoms with Crippen molar-refractivity contribution in [3.8, 4) is 0 Å². The molecule has 1 heterocycles. The summed E-state index contributed by atoms with van der Waals surface area (Å²) in [6.45, 7) is 5.78. The molecular formula is C23H29FN2O3S. The predicted octanol–water partition coefficient (Wildman–Crippen LogP) is 4.17. The van der Waals surface area contributed by atoms with E-state index in [1.54, 1.807) is 17.0 Å². The molecule has 2 aromatic rings. The second-order valence-electron chi connectivity index (χ2n) is 8.15. The first-order valence-corrected chi connectivity index (χ1v) is 11.9. The molecule has 1 saturated heterocycles. The first kappa shape index (κ1) is 22.4. The van der Waals surface area contributed by atoms with Gasteiger partial charge >= 0.3 is 0 Å². The molecule has 162 valence electrons. The van der Waals surface area contributed by atoms with Crippen LogP contribution in [0, 0.1) is 11.7 Å². The monoisotopic (exact) mass is 432 g/mol. The number of carbonyl (C=O) groups is 1. The maximum Gasteiger partial charge on any atom is 0.253 e. The highest BCUT2D eigenvalue weighted by Crippen LogP contribution is 2.22. The van der Waals surface area contributed by atoms with Gasteiger partial charge in [0, 0.05) is 25.2 Å². The average molecular weight is 433 g/mol. The van der Waals surface area contributed by atoms with Crippen LogP contribution < -0.4 is 4.72 Å². The molecular weight excluding hydrogens is 403 g/mol. The van der Waals surface area contributed by atoms with Gasteiger partial charge < -0.3 is 4.90 Å². The van der Waals surface area contributed by atoms with Crippen LogP contribution in [-0.2, 0) is 10.0 Å². The highest BCUT2D eigenvalue weighted by Gasteiger charge is 2.24. The van der Waals surface area contributed by atoms with Gasteiger partial charge in [-0.3, -0.25) is 4.79 Å². The maximum atomic E-state index is 13.0. The number of hydrogen-bond acceptors (Lipinski definition) is 3. The van der Waals surface area contributed by atoms with Crippen LogP contribution in [0.3, 0.4) is 0 Å². The third kappa shape index (κ3) is 5.67. The molecule has 5 nitrogen and oxygen atoms in total. The van der Waals surface area contributed by atoms with Crippen LogP contribution in [0.2, 0.25) is 0 Å². The number of amides is 1. The Morgan fingerprint density at radius 3 is 2.23 bits per heavy atom. The van der Waals surface area contributed by atoms with Crippen molar-refractivity contribution in [2.45, 2.75) is 43.9 Å². The average Bonchev–Trinajstić information content (AvgIpc) is 2.74. The maximum absolute atomic E-state index is 13.0. The standard InChI is InChI=1S/C23H29FN2O3S/c1-17(2)19-5-9-22(10-6-19)30(28,29)25-14-11-18-12-15-26(16-13-18)23(27)20-3-7-21(24)8-4-20/h3-10,17-18,25H,11-16H2,1-2H3. The quantitative estimate of drug-likeness (QED) is 0.714. The second kappa shape index (κ2) is 9.71. The number of halogens is 1. The molecule has 1 N–H and O–H groups in total. The number of nitrogens with one attached hydrogen (secondary N) is 1. The lowest BCUT2D eigenvalue weighted by Crippen LogP contribution is -2.39. The van der Waals surface area contributed by atoms with E-state index in [1.807, 2.05) is 12.1 Å². The Balaban J connectivity index is 1.45. The summed E-state index contributed by atoms with van der Waals surface area (Å²) >= 11 is 0. The molecule has 1 aliphatic heterocycles. The molecule has 1 aliphatic rings. The van der Waals surface area contributed by atoms with E-state index in [0.29, 0.717) is 37.0 Å². The fraction of sp³-hybridized carbons (Fsp3) is 0.435. The number of piperidine rings is 1. The Bertz CT molecular complexity index is 949. The molecule has 7 heteroatoms. The van der Waals surface area contributed by atoms with E-state index in [1.165, 1.54) is 24.3 Å². The largest absolute Gasteiger partial charge is 0.339 e. The van der Waals surface area contributed by atoms with Crippen LogP contribution in [0.25, 0.3) is 0 Å². The Hall–Kier alpha value is -2.25. The first-order valence-electron chi connectivity index (χ1n) is 10.4. The Kier molecular flexibility index (Phi) is 7.26. The van der Waals surface area contributed by atoms with Gasteiger partial charge in [0.15, 0.2) is 0 Å². The zero-order valence-corrected chi connectivity index (χ0v) is 18.3. The van der Waals surface area contributed by atoms with Crippen LogP contribution in [0.4, 0.5) is 4.39 Å². The van der Waals surface area contributed by atoms with Crippen LogP contribution in [0.1, 0.15) is 54.9 Å². The van der Waals surface area contributed by atoms with Crippen molar-refractivity contribution in [1.29, 1.82) is 0 Å². The van der Waals surface area contributed by atoms with Gasteiger partial charge in [0.2, 0.25) is 10.0 Å². The molecule has 0 aromatic heterocycles. The van der Waals surface area contributed by atoms with Crippen LogP contribution in [0.5, 0.6) is 0 Å². The van der Waals surface area contributed by atoms with E-state index in [2.05, 4.69) is 18.6 Å². The Morgan fingerprint density at radius 2 is 1.67 bits per heavy atom. The van der Waals surface area contributed by atoms with E-state index < -0.39 is 10.0 Å². The molecule has 1 fully saturated rings. The van der Waals surface area contributed by atoms with Crippen LogP contribution in [-0.4, -0.2) is 38.9 Å². The molecule has 2 aromatic carbocycles. The van der Waals surface area contributed by atoms with Crippen molar-refractivity contribution in [1.82, 2.24) is 9.62 Å². The number of carbonyl (C=O) groups excluding carboxylic acids is 1. The zero-order chi connectivity index (χ0) is 21.7. The fourth-order valence-electron chi connectivity index (χ4n) is 3.71. The minimum atomic E-state index is -3.51. The summed E-state index contributed by atoms with van der Waals surface area (Å²) in [6, 6.07) is 12.6. The molecule has 0 unspecified atom stereocenters. The molecule has 0 atom stereocenters. The predicted molar refractivity (Wildman–Crippen MR) is 115 cm³/mol. The first-order chi connectivity index (χ1) is 14.3. The van der Waals surface area contributed by atoms with Crippen molar-refractivity contribution >= 4 is 15.9 Å². The van der Waals surface area contributed by atoms with E-state index in [4.69, 9.17) is 0 Å². The van der Waals surface area contributed by atoms with E-state index in [9.17, 15) is 17.6 Å². The number of rotatable bonds is 7. The van der Waals surface area contributed by atoms with E-state index in [0.717, 1.165) is 24.8 Å². The summed E-state index contributed by atoms with van der Waals surface area (Å²) < 4.78 is 40.7. The molecule has 30 heavy (non-hydrogen) atoms. The molecule has 0 saturated carbocycles. The highest BCUT2D eigenvalue weighted by atomic mass is 32.2. The number of likely N-dealkylation sites (tertiary alicyclic amines) is 1. The van der Waals surface area contributed by atoms with E-state index >= 15 is 0 Å². The third-order valence-electron chi connectivity index (χ3n) is 5.69. The van der Waals surface area contributed by atoms with Gasteiger partial charge in [-0.1, -0.05) is 26.0 Å². The van der Waals surface area contributed by atoms with Gasteiger partial charge in [-0.15, -0.1) is 0 Å². The van der Waals surface area contributed by atoms with Crippen molar-refractivity contribution in [2.24, 2.45) is 5.92 Å². The lowest BCUT2D eigenvalue weighted by atomic mass is 9.93. The summed E-state index contributed by atoms with van der Waals surface area (Å²) in [5, 5.41) is 0. The molecule has 0 aliphatic carbocycles. The molecule has 3 rings (SSSR count). The summed E-state index contributed by atoms with van der Waals surface area (Å²) in [5.41, 5.74) is 1.60. The van der Waals surface area contributed by atoms with E-state index in [-0.39, 0.29) is 16.6 Å². The van der Waals surface area contributed by atoms with Crippen molar-refractivity contribution in [2.75, 3.05) is 19.6 Å². The SMILES string of the molecule is CC(C)c1ccc(S(=O)(=O)NCCC2CCN(C(=O)c3ccc(F)cc3)CC2)cc1. The van der Waals surface area contributed by atoms with Gasteiger partial charge in [0.05, 0.1) is 4.90 Å². The van der Waals surface area contributed by atoms with Gasteiger partial charge in [-0.2, -0.15) is 0 Å². The highest BCUT2D eigenvalue weighted by molar-refractivity contribution is 7.89. The topological polar surface area (TPSA) is 66.5 Å². The van der Waals surface area contributed by atoms with Gasteiger partial charge in [0.25, 0.3) is 5.91 Å².